The zero-order valence-electron chi connectivity index (χ0n) is 13.7. The zero-order valence-corrected chi connectivity index (χ0v) is 15.3. The number of rotatable bonds is 3. The minimum Gasteiger partial charge on any atom is -0.312 e. The number of anilines is 1. The van der Waals surface area contributed by atoms with Crippen molar-refractivity contribution in [3.8, 4) is 0 Å². The van der Waals surface area contributed by atoms with Gasteiger partial charge in [-0.05, 0) is 23.8 Å². The number of benzene rings is 2. The van der Waals surface area contributed by atoms with E-state index < -0.39 is 27.7 Å². The number of thioether (sulfide) groups is 1. The molecule has 4 rings (SSSR count). The molecule has 0 aromatic heterocycles. The summed E-state index contributed by atoms with van der Waals surface area (Å²) in [5.74, 6) is -0.496. The average molecular weight is 394 g/mol. The van der Waals surface area contributed by atoms with Gasteiger partial charge < -0.3 is 4.90 Å². The highest BCUT2D eigenvalue weighted by molar-refractivity contribution is 8.13. The Hall–Kier alpha value is -1.93. The molecule has 1 saturated heterocycles. The van der Waals surface area contributed by atoms with Crippen molar-refractivity contribution in [1.29, 1.82) is 0 Å². The van der Waals surface area contributed by atoms with E-state index in [-0.39, 0.29) is 17.3 Å². The van der Waals surface area contributed by atoms with Crippen LogP contribution in [0.1, 0.15) is 5.56 Å². The third kappa shape index (κ3) is 3.23. The summed E-state index contributed by atoms with van der Waals surface area (Å²) in [6.45, 7) is 0. The molecule has 2 aliphatic heterocycles. The summed E-state index contributed by atoms with van der Waals surface area (Å²) < 4.78 is 52.2. The maximum absolute atomic E-state index is 14.4. The standard InChI is InChI=1S/C18H16F2N2O2S2/c19-13-6-2-1-5-12(13)9-25-18-21-15-10-26(23,24)11-17(15)22(18)16-8-4-3-7-14(16)20/h1-8,15,17H,9-11H2/t15-,17+/m0/s1. The van der Waals surface area contributed by atoms with Gasteiger partial charge in [0.1, 0.15) is 11.6 Å². The van der Waals surface area contributed by atoms with Crippen LogP contribution in [0.4, 0.5) is 14.5 Å². The van der Waals surface area contributed by atoms with Crippen molar-refractivity contribution >= 4 is 32.5 Å². The molecule has 2 aromatic rings. The van der Waals surface area contributed by atoms with Crippen LogP contribution in [-0.4, -0.2) is 37.2 Å². The maximum atomic E-state index is 14.4. The van der Waals surface area contributed by atoms with E-state index in [0.717, 1.165) is 0 Å². The third-order valence-electron chi connectivity index (χ3n) is 4.53. The van der Waals surface area contributed by atoms with Gasteiger partial charge >= 0.3 is 0 Å². The van der Waals surface area contributed by atoms with Crippen molar-refractivity contribution in [2.45, 2.75) is 17.8 Å². The molecule has 0 N–H and O–H groups in total. The number of hydrogen-bond donors (Lipinski definition) is 0. The first-order chi connectivity index (χ1) is 12.4. The normalized spacial score (nSPS) is 23.8. The van der Waals surface area contributed by atoms with Gasteiger partial charge in [0.05, 0.1) is 29.3 Å². The lowest BCUT2D eigenvalue weighted by atomic mass is 10.1. The monoisotopic (exact) mass is 394 g/mol. The minimum atomic E-state index is -3.20. The van der Waals surface area contributed by atoms with E-state index in [9.17, 15) is 17.2 Å². The fourth-order valence-corrected chi connectivity index (χ4v) is 6.27. The van der Waals surface area contributed by atoms with E-state index in [2.05, 4.69) is 4.99 Å². The van der Waals surface area contributed by atoms with Crippen molar-refractivity contribution < 1.29 is 17.2 Å². The van der Waals surface area contributed by atoms with Gasteiger partial charge in [0.2, 0.25) is 0 Å². The van der Waals surface area contributed by atoms with E-state index in [4.69, 9.17) is 0 Å². The number of para-hydroxylation sites is 1. The fourth-order valence-electron chi connectivity index (χ4n) is 3.32. The molecule has 0 aliphatic carbocycles. The number of sulfone groups is 1. The van der Waals surface area contributed by atoms with Crippen LogP contribution in [-0.2, 0) is 15.6 Å². The lowest BCUT2D eigenvalue weighted by Gasteiger charge is -2.26. The number of halogens is 2. The van der Waals surface area contributed by atoms with Gasteiger partial charge in [0, 0.05) is 5.75 Å². The second-order valence-electron chi connectivity index (χ2n) is 6.32. The van der Waals surface area contributed by atoms with Gasteiger partial charge in [-0.15, -0.1) is 0 Å². The van der Waals surface area contributed by atoms with E-state index in [1.807, 2.05) is 0 Å². The van der Waals surface area contributed by atoms with E-state index >= 15 is 0 Å². The molecule has 4 nitrogen and oxygen atoms in total. The van der Waals surface area contributed by atoms with Crippen LogP contribution >= 0.6 is 11.8 Å². The van der Waals surface area contributed by atoms with Crippen molar-refractivity contribution in [2.24, 2.45) is 4.99 Å². The number of nitrogens with zero attached hydrogens (tertiary/aromatic N) is 2. The fraction of sp³-hybridized carbons (Fsp3) is 0.278. The van der Waals surface area contributed by atoms with Crippen molar-refractivity contribution in [2.75, 3.05) is 16.4 Å². The molecule has 26 heavy (non-hydrogen) atoms. The first-order valence-corrected chi connectivity index (χ1v) is 10.9. The summed E-state index contributed by atoms with van der Waals surface area (Å²) in [5, 5.41) is 0.531. The van der Waals surface area contributed by atoms with Gasteiger partial charge in [-0.25, -0.2) is 17.2 Å². The third-order valence-corrected chi connectivity index (χ3v) is 7.25. The summed E-state index contributed by atoms with van der Waals surface area (Å²) in [6.07, 6.45) is 0. The molecule has 8 heteroatoms. The SMILES string of the molecule is O=S1(=O)C[C@@H]2N=C(SCc3ccccc3F)N(c3ccccc3F)[C@@H]2C1. The van der Waals surface area contributed by atoms with Crippen LogP contribution in [0.25, 0.3) is 0 Å². The molecule has 2 heterocycles. The number of hydrogen-bond acceptors (Lipinski definition) is 5. The van der Waals surface area contributed by atoms with Crippen LogP contribution in [0.5, 0.6) is 0 Å². The average Bonchev–Trinajstić information content (AvgIpc) is 3.06. The molecular weight excluding hydrogens is 378 g/mol. The van der Waals surface area contributed by atoms with E-state index in [0.29, 0.717) is 22.2 Å². The first-order valence-electron chi connectivity index (χ1n) is 8.13. The summed E-state index contributed by atoms with van der Waals surface area (Å²) in [5.41, 5.74) is 0.829. The van der Waals surface area contributed by atoms with Crippen molar-refractivity contribution in [3.63, 3.8) is 0 Å². The number of fused-ring (bicyclic) bond motifs is 1. The molecule has 0 radical (unpaired) electrons. The number of amidine groups is 1. The predicted octanol–water partition coefficient (Wildman–Crippen LogP) is 3.24. The summed E-state index contributed by atoms with van der Waals surface area (Å²) in [7, 11) is -3.20. The molecule has 2 aromatic carbocycles. The summed E-state index contributed by atoms with van der Waals surface area (Å²) >= 11 is 1.29. The highest BCUT2D eigenvalue weighted by Gasteiger charge is 2.47. The Bertz CT molecular complexity index is 979. The minimum absolute atomic E-state index is 0.0353. The molecule has 0 saturated carbocycles. The maximum Gasteiger partial charge on any atom is 0.164 e. The number of aliphatic imine (C=N–C) groups is 1. The van der Waals surface area contributed by atoms with E-state index in [1.54, 1.807) is 41.3 Å². The molecular formula is C18H16F2N2O2S2. The van der Waals surface area contributed by atoms with Gasteiger partial charge in [-0.1, -0.05) is 42.1 Å². The van der Waals surface area contributed by atoms with Crippen LogP contribution < -0.4 is 4.90 Å². The van der Waals surface area contributed by atoms with Crippen LogP contribution in [0.15, 0.2) is 53.5 Å². The molecule has 1 fully saturated rings. The molecule has 0 amide bonds. The molecule has 0 bridgehead atoms. The van der Waals surface area contributed by atoms with Crippen molar-refractivity contribution in [1.82, 2.24) is 0 Å². The Morgan fingerprint density at radius 2 is 1.73 bits per heavy atom. The molecule has 136 valence electrons. The molecule has 2 aliphatic rings. The van der Waals surface area contributed by atoms with Crippen LogP contribution in [0, 0.1) is 11.6 Å². The van der Waals surface area contributed by atoms with Crippen LogP contribution in [0.3, 0.4) is 0 Å². The second-order valence-corrected chi connectivity index (χ2v) is 9.42. The smallest absolute Gasteiger partial charge is 0.164 e. The lowest BCUT2D eigenvalue weighted by molar-refractivity contribution is 0.600. The highest BCUT2D eigenvalue weighted by Crippen LogP contribution is 2.37. The summed E-state index contributed by atoms with van der Waals surface area (Å²) in [4.78, 5) is 6.19. The largest absolute Gasteiger partial charge is 0.312 e. The first kappa shape index (κ1) is 17.5. The van der Waals surface area contributed by atoms with Gasteiger partial charge in [-0.3, -0.25) is 4.99 Å². The van der Waals surface area contributed by atoms with E-state index in [1.165, 1.54) is 23.9 Å². The molecule has 2 atom stereocenters. The Kier molecular flexibility index (Phi) is 4.48. The molecule has 0 spiro atoms. The Labute approximate surface area is 154 Å². The van der Waals surface area contributed by atoms with Gasteiger partial charge in [0.15, 0.2) is 15.0 Å². The topological polar surface area (TPSA) is 49.7 Å². The van der Waals surface area contributed by atoms with Crippen molar-refractivity contribution in [3.05, 3.63) is 65.7 Å². The predicted molar refractivity (Wildman–Crippen MR) is 100 cm³/mol. The van der Waals surface area contributed by atoms with Crippen LogP contribution in [0.2, 0.25) is 0 Å². The Morgan fingerprint density at radius 1 is 1.04 bits per heavy atom. The quantitative estimate of drug-likeness (QED) is 0.802. The zero-order chi connectivity index (χ0) is 18.3. The van der Waals surface area contributed by atoms with Gasteiger partial charge in [-0.2, -0.15) is 0 Å². The Balaban J connectivity index is 1.65. The highest BCUT2D eigenvalue weighted by atomic mass is 32.2. The molecule has 0 unspecified atom stereocenters. The summed E-state index contributed by atoms with van der Waals surface area (Å²) in [6, 6.07) is 11.9. The lowest BCUT2D eigenvalue weighted by Crippen LogP contribution is -2.39. The van der Waals surface area contributed by atoms with Gasteiger partial charge in [0.25, 0.3) is 0 Å². The second kappa shape index (κ2) is 6.66. The Morgan fingerprint density at radius 3 is 2.46 bits per heavy atom.